The first kappa shape index (κ1) is 18.1. The molecule has 1 aliphatic heterocycles. The van der Waals surface area contributed by atoms with Gasteiger partial charge in [0.2, 0.25) is 5.91 Å². The molecule has 7 heteroatoms. The molecule has 140 valence electrons. The van der Waals surface area contributed by atoms with Gasteiger partial charge in [-0.25, -0.2) is 4.68 Å². The summed E-state index contributed by atoms with van der Waals surface area (Å²) in [6.07, 6.45) is 1.94. The fraction of sp³-hybridized carbons (Fsp3) is 0.350. The lowest BCUT2D eigenvalue weighted by atomic mass is 10.0. The molecule has 27 heavy (non-hydrogen) atoms. The molecule has 1 N–H and O–H groups in total. The number of likely N-dealkylation sites (tertiary alicyclic amines) is 1. The Bertz CT molecular complexity index is 945. The Labute approximate surface area is 166 Å². The number of halogens is 1. The molecule has 4 rings (SSSR count). The van der Waals surface area contributed by atoms with E-state index in [1.165, 1.54) is 5.56 Å². The van der Waals surface area contributed by atoms with Crippen molar-refractivity contribution >= 4 is 38.6 Å². The van der Waals surface area contributed by atoms with E-state index in [9.17, 15) is 4.79 Å². The van der Waals surface area contributed by atoms with Crippen LogP contribution in [0.1, 0.15) is 24.4 Å². The zero-order chi connectivity index (χ0) is 18.8. The van der Waals surface area contributed by atoms with Crippen LogP contribution < -0.4 is 5.32 Å². The van der Waals surface area contributed by atoms with E-state index in [0.29, 0.717) is 12.6 Å². The molecular formula is C20H22BrN5O. The van der Waals surface area contributed by atoms with E-state index in [2.05, 4.69) is 61.6 Å². The van der Waals surface area contributed by atoms with Gasteiger partial charge in [-0.05, 0) is 61.7 Å². The number of hydrogen-bond acceptors (Lipinski definition) is 4. The van der Waals surface area contributed by atoms with Gasteiger partial charge in [0, 0.05) is 23.2 Å². The van der Waals surface area contributed by atoms with Crippen LogP contribution in [0, 0.1) is 6.92 Å². The summed E-state index contributed by atoms with van der Waals surface area (Å²) < 4.78 is 3.05. The molecule has 0 atom stereocenters. The molecule has 1 fully saturated rings. The number of fused-ring (bicyclic) bond motifs is 1. The number of aryl methyl sites for hydroxylation is 1. The molecule has 1 amide bonds. The number of carbonyl (C=O) groups excluding carboxylic acids is 1. The average molecular weight is 428 g/mol. The second-order valence-electron chi connectivity index (χ2n) is 7.09. The summed E-state index contributed by atoms with van der Waals surface area (Å²) in [7, 11) is 0. The van der Waals surface area contributed by atoms with Gasteiger partial charge in [-0.1, -0.05) is 27.2 Å². The first-order valence-electron chi connectivity index (χ1n) is 9.18. The molecule has 0 aliphatic carbocycles. The number of aromatic nitrogens is 3. The van der Waals surface area contributed by atoms with E-state index in [4.69, 9.17) is 0 Å². The standard InChI is InChI=1S/C20H22BrN5O/c1-14-2-7-19-18(12-14)23-24-26(19)17-8-10-25(11-9-17)13-20(27)22-16-5-3-15(21)4-6-16/h2-7,12,17H,8-11,13H2,1H3,(H,22,27). The topological polar surface area (TPSA) is 63.1 Å². The van der Waals surface area contributed by atoms with Crippen molar-refractivity contribution in [1.82, 2.24) is 19.9 Å². The van der Waals surface area contributed by atoms with Gasteiger partial charge in [0.05, 0.1) is 18.1 Å². The molecule has 6 nitrogen and oxygen atoms in total. The molecule has 0 saturated carbocycles. The van der Waals surface area contributed by atoms with E-state index in [-0.39, 0.29) is 5.91 Å². The number of nitrogens with zero attached hydrogens (tertiary/aromatic N) is 4. The average Bonchev–Trinajstić information content (AvgIpc) is 3.07. The van der Waals surface area contributed by atoms with Crippen LogP contribution in [0.3, 0.4) is 0 Å². The summed E-state index contributed by atoms with van der Waals surface area (Å²) in [6.45, 7) is 4.24. The van der Waals surface area contributed by atoms with Gasteiger partial charge in [-0.15, -0.1) is 5.10 Å². The number of hydrogen-bond donors (Lipinski definition) is 1. The number of amides is 1. The normalized spacial score (nSPS) is 15.9. The van der Waals surface area contributed by atoms with Crippen molar-refractivity contribution < 1.29 is 4.79 Å². The van der Waals surface area contributed by atoms with Crippen molar-refractivity contribution in [3.05, 3.63) is 52.5 Å². The second-order valence-corrected chi connectivity index (χ2v) is 8.00. The van der Waals surface area contributed by atoms with Crippen molar-refractivity contribution in [1.29, 1.82) is 0 Å². The van der Waals surface area contributed by atoms with Gasteiger partial charge in [-0.2, -0.15) is 0 Å². The molecule has 0 spiro atoms. The van der Waals surface area contributed by atoms with Crippen molar-refractivity contribution in [3.63, 3.8) is 0 Å². The molecule has 0 unspecified atom stereocenters. The van der Waals surface area contributed by atoms with Crippen LogP contribution in [0.5, 0.6) is 0 Å². The zero-order valence-corrected chi connectivity index (χ0v) is 16.8. The second kappa shape index (κ2) is 7.78. The predicted octanol–water partition coefficient (Wildman–Crippen LogP) is 3.78. The molecule has 1 saturated heterocycles. The Morgan fingerprint density at radius 3 is 2.67 bits per heavy atom. The van der Waals surface area contributed by atoms with Crippen LogP contribution in [-0.2, 0) is 4.79 Å². The van der Waals surface area contributed by atoms with Crippen molar-refractivity contribution in [2.24, 2.45) is 0 Å². The Kier molecular flexibility index (Phi) is 5.22. The lowest BCUT2D eigenvalue weighted by Crippen LogP contribution is -2.39. The quantitative estimate of drug-likeness (QED) is 0.687. The molecule has 0 bridgehead atoms. The maximum Gasteiger partial charge on any atom is 0.238 e. The number of rotatable bonds is 4. The zero-order valence-electron chi connectivity index (χ0n) is 15.2. The predicted molar refractivity (Wildman–Crippen MR) is 110 cm³/mol. The minimum atomic E-state index is 0.0254. The summed E-state index contributed by atoms with van der Waals surface area (Å²) in [5.41, 5.74) is 4.06. The Morgan fingerprint density at radius 2 is 1.93 bits per heavy atom. The number of piperidine rings is 1. The van der Waals surface area contributed by atoms with E-state index in [0.717, 1.165) is 47.1 Å². The van der Waals surface area contributed by atoms with Crippen LogP contribution in [0.4, 0.5) is 5.69 Å². The van der Waals surface area contributed by atoms with Gasteiger partial charge in [0.25, 0.3) is 0 Å². The highest BCUT2D eigenvalue weighted by molar-refractivity contribution is 9.10. The molecule has 2 heterocycles. The highest BCUT2D eigenvalue weighted by Gasteiger charge is 2.24. The molecule has 2 aromatic carbocycles. The largest absolute Gasteiger partial charge is 0.325 e. The summed E-state index contributed by atoms with van der Waals surface area (Å²) in [6, 6.07) is 14.2. The van der Waals surface area contributed by atoms with E-state index in [1.807, 2.05) is 28.9 Å². The van der Waals surface area contributed by atoms with Crippen LogP contribution in [-0.4, -0.2) is 45.4 Å². The Morgan fingerprint density at radius 1 is 1.19 bits per heavy atom. The van der Waals surface area contributed by atoms with Crippen molar-refractivity contribution in [3.8, 4) is 0 Å². The van der Waals surface area contributed by atoms with Crippen LogP contribution in [0.2, 0.25) is 0 Å². The minimum absolute atomic E-state index is 0.0254. The van der Waals surface area contributed by atoms with Gasteiger partial charge >= 0.3 is 0 Å². The molecule has 1 aliphatic rings. The Balaban J connectivity index is 1.33. The highest BCUT2D eigenvalue weighted by Crippen LogP contribution is 2.25. The summed E-state index contributed by atoms with van der Waals surface area (Å²) in [5, 5.41) is 11.6. The van der Waals surface area contributed by atoms with Crippen LogP contribution >= 0.6 is 15.9 Å². The van der Waals surface area contributed by atoms with Crippen molar-refractivity contribution in [2.75, 3.05) is 25.0 Å². The first-order chi connectivity index (χ1) is 13.1. The first-order valence-corrected chi connectivity index (χ1v) is 9.97. The number of benzene rings is 2. The van der Waals surface area contributed by atoms with Gasteiger partial charge in [0.1, 0.15) is 5.52 Å². The highest BCUT2D eigenvalue weighted by atomic mass is 79.9. The van der Waals surface area contributed by atoms with Gasteiger partial charge in [-0.3, -0.25) is 9.69 Å². The third-order valence-corrected chi connectivity index (χ3v) is 5.55. The minimum Gasteiger partial charge on any atom is -0.325 e. The smallest absolute Gasteiger partial charge is 0.238 e. The monoisotopic (exact) mass is 427 g/mol. The van der Waals surface area contributed by atoms with E-state index >= 15 is 0 Å². The molecule has 0 radical (unpaired) electrons. The number of carbonyl (C=O) groups is 1. The molecule has 3 aromatic rings. The van der Waals surface area contributed by atoms with Crippen LogP contribution in [0.25, 0.3) is 11.0 Å². The SMILES string of the molecule is Cc1ccc2c(c1)nnn2C1CCN(CC(=O)Nc2ccc(Br)cc2)CC1. The van der Waals surface area contributed by atoms with Gasteiger partial charge < -0.3 is 5.32 Å². The lowest BCUT2D eigenvalue weighted by molar-refractivity contribution is -0.117. The Hall–Kier alpha value is -2.25. The van der Waals surface area contributed by atoms with Crippen LogP contribution in [0.15, 0.2) is 46.9 Å². The molecular weight excluding hydrogens is 406 g/mol. The summed E-state index contributed by atoms with van der Waals surface area (Å²) in [4.78, 5) is 14.5. The third-order valence-electron chi connectivity index (χ3n) is 5.02. The van der Waals surface area contributed by atoms with Crippen molar-refractivity contribution in [2.45, 2.75) is 25.8 Å². The fourth-order valence-electron chi connectivity index (χ4n) is 3.58. The van der Waals surface area contributed by atoms with E-state index < -0.39 is 0 Å². The maximum absolute atomic E-state index is 12.3. The van der Waals surface area contributed by atoms with E-state index in [1.54, 1.807) is 0 Å². The number of nitrogens with one attached hydrogen (secondary N) is 1. The third kappa shape index (κ3) is 4.20. The summed E-state index contributed by atoms with van der Waals surface area (Å²) in [5.74, 6) is 0.0254. The maximum atomic E-state index is 12.3. The molecule has 1 aromatic heterocycles. The lowest BCUT2D eigenvalue weighted by Gasteiger charge is -2.31. The van der Waals surface area contributed by atoms with Gasteiger partial charge in [0.15, 0.2) is 0 Å². The number of anilines is 1. The summed E-state index contributed by atoms with van der Waals surface area (Å²) >= 11 is 3.40. The fourth-order valence-corrected chi connectivity index (χ4v) is 3.84.